The van der Waals surface area contributed by atoms with Gasteiger partial charge in [-0.2, -0.15) is 5.10 Å². The number of H-pyrrole nitrogens is 1. The third-order valence-electron chi connectivity index (χ3n) is 2.46. The molecule has 14 heavy (non-hydrogen) atoms. The molecule has 0 spiro atoms. The molecule has 72 valence electrons. The molecule has 0 amide bonds. The van der Waals surface area contributed by atoms with Gasteiger partial charge < -0.3 is 4.42 Å². The minimum absolute atomic E-state index is 0.615. The number of aromatic nitrogens is 3. The summed E-state index contributed by atoms with van der Waals surface area (Å²) in [4.78, 5) is 4.43. The fourth-order valence-electron chi connectivity index (χ4n) is 1.50. The highest BCUT2D eigenvalue weighted by atomic mass is 16.3. The zero-order valence-corrected chi connectivity index (χ0v) is 7.95. The molecule has 1 fully saturated rings. The lowest BCUT2D eigenvalue weighted by Crippen LogP contribution is -1.80. The Balaban J connectivity index is 1.95. The largest absolute Gasteiger partial charge is 0.469 e. The number of rotatable bonds is 2. The number of aromatic amines is 1. The molecule has 1 aliphatic rings. The van der Waals surface area contributed by atoms with E-state index in [1.807, 2.05) is 13.0 Å². The molecule has 1 aliphatic carbocycles. The van der Waals surface area contributed by atoms with Crippen molar-refractivity contribution in [3.05, 3.63) is 23.9 Å². The summed E-state index contributed by atoms with van der Waals surface area (Å²) < 4.78 is 5.21. The van der Waals surface area contributed by atoms with Crippen molar-refractivity contribution in [2.45, 2.75) is 25.7 Å². The van der Waals surface area contributed by atoms with Crippen LogP contribution in [0.1, 0.15) is 30.3 Å². The van der Waals surface area contributed by atoms with Gasteiger partial charge in [0.1, 0.15) is 17.8 Å². The van der Waals surface area contributed by atoms with E-state index in [0.29, 0.717) is 5.92 Å². The van der Waals surface area contributed by atoms with Crippen molar-refractivity contribution < 1.29 is 4.42 Å². The normalized spacial score (nSPS) is 16.1. The average molecular weight is 189 g/mol. The highest BCUT2D eigenvalue weighted by molar-refractivity contribution is 5.53. The van der Waals surface area contributed by atoms with Gasteiger partial charge in [0.2, 0.25) is 0 Å². The van der Waals surface area contributed by atoms with E-state index in [-0.39, 0.29) is 0 Å². The molecule has 0 aromatic carbocycles. The highest BCUT2D eigenvalue weighted by Gasteiger charge is 2.27. The summed E-state index contributed by atoms with van der Waals surface area (Å²) in [5, 5.41) is 7.14. The zero-order valence-electron chi connectivity index (χ0n) is 7.95. The van der Waals surface area contributed by atoms with E-state index >= 15 is 0 Å². The standard InChI is InChI=1S/C10H11N3O/c1-6-4-8(5-14-6)10-11-9(12-13-10)7-2-3-7/h4-5,7H,2-3H2,1H3,(H,11,12,13). The van der Waals surface area contributed by atoms with Crippen LogP contribution in [0, 0.1) is 6.92 Å². The van der Waals surface area contributed by atoms with Crippen LogP contribution in [0.5, 0.6) is 0 Å². The van der Waals surface area contributed by atoms with Gasteiger partial charge in [0, 0.05) is 5.92 Å². The van der Waals surface area contributed by atoms with Crippen LogP contribution in [0.3, 0.4) is 0 Å². The molecule has 0 saturated heterocycles. The lowest BCUT2D eigenvalue weighted by Gasteiger charge is -1.84. The molecule has 0 unspecified atom stereocenters. The van der Waals surface area contributed by atoms with Crippen LogP contribution in [-0.2, 0) is 0 Å². The number of furan rings is 1. The first-order chi connectivity index (χ1) is 6.83. The summed E-state index contributed by atoms with van der Waals surface area (Å²) in [5.41, 5.74) is 0.950. The van der Waals surface area contributed by atoms with Crippen molar-refractivity contribution >= 4 is 0 Å². The molecule has 1 saturated carbocycles. The number of aryl methyl sites for hydroxylation is 1. The summed E-state index contributed by atoms with van der Waals surface area (Å²) in [7, 11) is 0. The Labute approximate surface area is 81.4 Å². The van der Waals surface area contributed by atoms with Crippen molar-refractivity contribution in [1.82, 2.24) is 15.2 Å². The summed E-state index contributed by atoms with van der Waals surface area (Å²) in [6.07, 6.45) is 4.16. The van der Waals surface area contributed by atoms with Gasteiger partial charge in [0.15, 0.2) is 5.82 Å². The van der Waals surface area contributed by atoms with Gasteiger partial charge in [-0.3, -0.25) is 5.10 Å². The van der Waals surface area contributed by atoms with E-state index in [4.69, 9.17) is 4.42 Å². The van der Waals surface area contributed by atoms with Crippen LogP contribution in [0.4, 0.5) is 0 Å². The summed E-state index contributed by atoms with van der Waals surface area (Å²) in [5.74, 6) is 3.25. The van der Waals surface area contributed by atoms with Gasteiger partial charge in [-0.1, -0.05) is 0 Å². The third-order valence-corrected chi connectivity index (χ3v) is 2.46. The Morgan fingerprint density at radius 1 is 1.50 bits per heavy atom. The van der Waals surface area contributed by atoms with Gasteiger partial charge in [-0.15, -0.1) is 0 Å². The first-order valence-electron chi connectivity index (χ1n) is 4.81. The molecule has 4 heteroatoms. The second-order valence-electron chi connectivity index (χ2n) is 3.76. The molecule has 2 heterocycles. The first-order valence-corrected chi connectivity index (χ1v) is 4.81. The summed E-state index contributed by atoms with van der Waals surface area (Å²) >= 11 is 0. The number of hydrogen-bond donors (Lipinski definition) is 1. The van der Waals surface area contributed by atoms with Crippen molar-refractivity contribution in [2.75, 3.05) is 0 Å². The molecule has 1 N–H and O–H groups in total. The predicted octanol–water partition coefficient (Wildman–Crippen LogP) is 2.25. The van der Waals surface area contributed by atoms with E-state index < -0.39 is 0 Å². The predicted molar refractivity (Wildman–Crippen MR) is 50.8 cm³/mol. The molecular formula is C10H11N3O. The maximum Gasteiger partial charge on any atom is 0.184 e. The van der Waals surface area contributed by atoms with Crippen LogP contribution in [0.25, 0.3) is 11.4 Å². The Morgan fingerprint density at radius 2 is 2.36 bits per heavy atom. The van der Waals surface area contributed by atoms with Crippen molar-refractivity contribution in [3.8, 4) is 11.4 Å². The third kappa shape index (κ3) is 1.23. The smallest absolute Gasteiger partial charge is 0.184 e. The van der Waals surface area contributed by atoms with Crippen molar-refractivity contribution in [3.63, 3.8) is 0 Å². The highest BCUT2D eigenvalue weighted by Crippen LogP contribution is 2.38. The van der Waals surface area contributed by atoms with Crippen molar-refractivity contribution in [2.24, 2.45) is 0 Å². The summed E-state index contributed by atoms with van der Waals surface area (Å²) in [6.45, 7) is 1.91. The Morgan fingerprint density at radius 3 is 3.00 bits per heavy atom. The molecule has 0 aliphatic heterocycles. The van der Waals surface area contributed by atoms with E-state index in [0.717, 1.165) is 23.0 Å². The van der Waals surface area contributed by atoms with Gasteiger partial charge in [-0.05, 0) is 25.8 Å². The van der Waals surface area contributed by atoms with Crippen LogP contribution < -0.4 is 0 Å². The van der Waals surface area contributed by atoms with Crippen LogP contribution >= 0.6 is 0 Å². The lowest BCUT2D eigenvalue weighted by atomic mass is 10.3. The molecule has 0 radical (unpaired) electrons. The van der Waals surface area contributed by atoms with Gasteiger partial charge >= 0.3 is 0 Å². The monoisotopic (exact) mass is 189 g/mol. The molecule has 0 atom stereocenters. The minimum Gasteiger partial charge on any atom is -0.469 e. The molecule has 3 rings (SSSR count). The first kappa shape index (κ1) is 7.79. The van der Waals surface area contributed by atoms with Crippen LogP contribution in [0.2, 0.25) is 0 Å². The van der Waals surface area contributed by atoms with E-state index in [1.54, 1.807) is 6.26 Å². The molecule has 2 aromatic heterocycles. The summed E-state index contributed by atoms with van der Waals surface area (Å²) in [6, 6.07) is 1.94. The van der Waals surface area contributed by atoms with Crippen LogP contribution in [0.15, 0.2) is 16.7 Å². The number of nitrogens with one attached hydrogen (secondary N) is 1. The Bertz CT molecular complexity index is 453. The molecule has 0 bridgehead atoms. The van der Waals surface area contributed by atoms with Gasteiger partial charge in [-0.25, -0.2) is 4.98 Å². The Kier molecular flexibility index (Phi) is 1.50. The van der Waals surface area contributed by atoms with Crippen LogP contribution in [-0.4, -0.2) is 15.2 Å². The second-order valence-corrected chi connectivity index (χ2v) is 3.76. The molecule has 2 aromatic rings. The Hall–Kier alpha value is -1.58. The average Bonchev–Trinajstić information content (AvgIpc) is 2.76. The maximum absolute atomic E-state index is 5.21. The fraction of sp³-hybridized carbons (Fsp3) is 0.400. The van der Waals surface area contributed by atoms with E-state index in [2.05, 4.69) is 15.2 Å². The van der Waals surface area contributed by atoms with E-state index in [1.165, 1.54) is 12.8 Å². The maximum atomic E-state index is 5.21. The van der Waals surface area contributed by atoms with Crippen molar-refractivity contribution in [1.29, 1.82) is 0 Å². The second kappa shape index (κ2) is 2.70. The fourth-order valence-corrected chi connectivity index (χ4v) is 1.50. The number of nitrogens with zero attached hydrogens (tertiary/aromatic N) is 2. The quantitative estimate of drug-likeness (QED) is 0.788. The van der Waals surface area contributed by atoms with Gasteiger partial charge in [0.25, 0.3) is 0 Å². The zero-order chi connectivity index (χ0) is 9.54. The minimum atomic E-state index is 0.615. The SMILES string of the molecule is Cc1cc(-c2n[nH]c(C3CC3)n2)co1. The van der Waals surface area contributed by atoms with E-state index in [9.17, 15) is 0 Å². The van der Waals surface area contributed by atoms with Gasteiger partial charge in [0.05, 0.1) is 5.56 Å². The lowest BCUT2D eigenvalue weighted by molar-refractivity contribution is 0.534. The molecular weight excluding hydrogens is 178 g/mol. The topological polar surface area (TPSA) is 54.7 Å². The molecule has 4 nitrogen and oxygen atoms in total. The number of hydrogen-bond acceptors (Lipinski definition) is 3.